The molecule has 0 fully saturated rings. The number of anilines is 1. The second kappa shape index (κ2) is 1.95. The Labute approximate surface area is 63.4 Å². The van der Waals surface area contributed by atoms with Gasteiger partial charge < -0.3 is 5.73 Å². The van der Waals surface area contributed by atoms with E-state index in [4.69, 9.17) is 5.73 Å². The van der Waals surface area contributed by atoms with Gasteiger partial charge in [0.2, 0.25) is 0 Å². The minimum absolute atomic E-state index is 0.756. The smallest absolute Gasteiger partial charge is 0.117 e. The molecule has 1 aromatic heterocycles. The Morgan fingerprint density at radius 1 is 1.45 bits per heavy atom. The minimum Gasteiger partial charge on any atom is -0.398 e. The van der Waals surface area contributed by atoms with Gasteiger partial charge in [-0.2, -0.15) is 0 Å². The highest BCUT2D eigenvalue weighted by Crippen LogP contribution is 2.18. The molecule has 0 bridgehead atoms. The third-order valence-corrected chi connectivity index (χ3v) is 1.79. The molecule has 0 aliphatic heterocycles. The Morgan fingerprint density at radius 3 is 3.09 bits per heavy atom. The normalized spacial score (nSPS) is 10.6. The van der Waals surface area contributed by atoms with E-state index in [9.17, 15) is 0 Å². The number of H-pyrrole nitrogens is 1. The molecule has 3 N–H and O–H groups in total. The summed E-state index contributed by atoms with van der Waals surface area (Å²) < 4.78 is 0. The Balaban J connectivity index is 2.93. The summed E-state index contributed by atoms with van der Waals surface area (Å²) >= 11 is 0. The van der Waals surface area contributed by atoms with Crippen LogP contribution in [0.5, 0.6) is 0 Å². The third-order valence-electron chi connectivity index (χ3n) is 1.79. The molecule has 0 atom stereocenters. The number of nitrogen functional groups attached to an aromatic ring is 1. The van der Waals surface area contributed by atoms with Crippen LogP contribution in [-0.4, -0.2) is 15.4 Å². The van der Waals surface area contributed by atoms with Crippen molar-refractivity contribution in [3.05, 3.63) is 17.7 Å². The van der Waals surface area contributed by atoms with Crippen LogP contribution in [0.25, 0.3) is 11.0 Å². The van der Waals surface area contributed by atoms with E-state index in [1.807, 2.05) is 19.1 Å². The number of nitrogens with zero attached hydrogens (tertiary/aromatic N) is 2. The number of rotatable bonds is 0. The zero-order chi connectivity index (χ0) is 7.84. The van der Waals surface area contributed by atoms with Crippen LogP contribution in [0.2, 0.25) is 0 Å². The first kappa shape index (κ1) is 6.15. The summed E-state index contributed by atoms with van der Waals surface area (Å²) in [5.74, 6) is 0. The molecule has 0 radical (unpaired) electrons. The van der Waals surface area contributed by atoms with E-state index in [0.717, 1.165) is 22.3 Å². The molecule has 1 aromatic carbocycles. The molecule has 0 aliphatic carbocycles. The van der Waals surface area contributed by atoms with Crippen molar-refractivity contribution in [1.29, 1.82) is 0 Å². The van der Waals surface area contributed by atoms with E-state index in [0.29, 0.717) is 0 Å². The first-order chi connectivity index (χ1) is 5.29. The van der Waals surface area contributed by atoms with Gasteiger partial charge in [0.1, 0.15) is 5.52 Å². The van der Waals surface area contributed by atoms with E-state index in [-0.39, 0.29) is 0 Å². The van der Waals surface area contributed by atoms with Crippen molar-refractivity contribution < 1.29 is 0 Å². The van der Waals surface area contributed by atoms with Gasteiger partial charge in [-0.05, 0) is 19.1 Å². The maximum Gasteiger partial charge on any atom is 0.117 e. The van der Waals surface area contributed by atoms with Crippen LogP contribution in [0.15, 0.2) is 12.1 Å². The van der Waals surface area contributed by atoms with Gasteiger partial charge in [0.05, 0.1) is 5.52 Å². The Morgan fingerprint density at radius 2 is 2.27 bits per heavy atom. The standard InChI is InChI=1S/C7H8N4/c1-4-5(8)2-3-6-7(4)10-11-9-6/h2-3H,8H2,1H3,(H,9,10,11). The predicted octanol–water partition coefficient (Wildman–Crippen LogP) is 0.849. The molecular formula is C7H8N4. The third kappa shape index (κ3) is 0.756. The van der Waals surface area contributed by atoms with Crippen molar-refractivity contribution >= 4 is 16.7 Å². The molecule has 56 valence electrons. The number of aryl methyl sites for hydroxylation is 1. The largest absolute Gasteiger partial charge is 0.398 e. The number of fused-ring (bicyclic) bond motifs is 1. The molecule has 0 saturated carbocycles. The SMILES string of the molecule is Cc1c(N)ccc2[nH]nnc12. The van der Waals surface area contributed by atoms with E-state index < -0.39 is 0 Å². The average Bonchev–Trinajstić information content (AvgIpc) is 2.45. The summed E-state index contributed by atoms with van der Waals surface area (Å²) in [5.41, 5.74) is 9.18. The zero-order valence-electron chi connectivity index (χ0n) is 6.13. The number of hydrogen-bond donors (Lipinski definition) is 2. The second-order valence-electron chi connectivity index (χ2n) is 2.49. The fourth-order valence-corrected chi connectivity index (χ4v) is 1.06. The van der Waals surface area contributed by atoms with E-state index in [1.165, 1.54) is 0 Å². The lowest BCUT2D eigenvalue weighted by molar-refractivity contribution is 0.958. The highest BCUT2D eigenvalue weighted by Gasteiger charge is 2.02. The lowest BCUT2D eigenvalue weighted by Gasteiger charge is -1.97. The Bertz CT molecular complexity index is 390. The molecule has 0 amide bonds. The quantitative estimate of drug-likeness (QED) is 0.544. The summed E-state index contributed by atoms with van der Waals surface area (Å²) in [4.78, 5) is 0. The molecule has 2 rings (SSSR count). The maximum absolute atomic E-state index is 5.66. The van der Waals surface area contributed by atoms with Crippen molar-refractivity contribution in [3.63, 3.8) is 0 Å². The number of hydrogen-bond acceptors (Lipinski definition) is 3. The first-order valence-electron chi connectivity index (χ1n) is 3.35. The lowest BCUT2D eigenvalue weighted by Crippen LogP contribution is -1.89. The van der Waals surface area contributed by atoms with Gasteiger partial charge in [0.15, 0.2) is 0 Å². The second-order valence-corrected chi connectivity index (χ2v) is 2.49. The fourth-order valence-electron chi connectivity index (χ4n) is 1.06. The topological polar surface area (TPSA) is 67.6 Å². The fraction of sp³-hybridized carbons (Fsp3) is 0.143. The van der Waals surface area contributed by atoms with Crippen molar-refractivity contribution in [1.82, 2.24) is 15.4 Å². The van der Waals surface area contributed by atoms with Crippen LogP contribution in [0.3, 0.4) is 0 Å². The predicted molar refractivity (Wildman–Crippen MR) is 43.0 cm³/mol. The van der Waals surface area contributed by atoms with Crippen molar-refractivity contribution in [2.24, 2.45) is 0 Å². The van der Waals surface area contributed by atoms with Crippen molar-refractivity contribution in [2.75, 3.05) is 5.73 Å². The summed E-state index contributed by atoms with van der Waals surface area (Å²) in [6, 6.07) is 3.72. The van der Waals surface area contributed by atoms with Gasteiger partial charge in [-0.3, -0.25) is 5.10 Å². The zero-order valence-corrected chi connectivity index (χ0v) is 6.13. The van der Waals surface area contributed by atoms with Gasteiger partial charge in [-0.25, -0.2) is 0 Å². The Kier molecular flexibility index (Phi) is 1.09. The molecule has 0 spiro atoms. The summed E-state index contributed by atoms with van der Waals surface area (Å²) in [6.07, 6.45) is 0. The van der Waals surface area contributed by atoms with Gasteiger partial charge in [0, 0.05) is 11.3 Å². The summed E-state index contributed by atoms with van der Waals surface area (Å²) in [7, 11) is 0. The van der Waals surface area contributed by atoms with E-state index >= 15 is 0 Å². The number of benzene rings is 1. The number of aromatic amines is 1. The molecule has 0 saturated heterocycles. The van der Waals surface area contributed by atoms with Gasteiger partial charge in [-0.1, -0.05) is 5.21 Å². The Hall–Kier alpha value is -1.58. The number of nitrogens with two attached hydrogens (primary N) is 1. The maximum atomic E-state index is 5.66. The monoisotopic (exact) mass is 148 g/mol. The molecular weight excluding hydrogens is 140 g/mol. The molecule has 11 heavy (non-hydrogen) atoms. The van der Waals surface area contributed by atoms with Crippen LogP contribution in [0.4, 0.5) is 5.69 Å². The van der Waals surface area contributed by atoms with Gasteiger partial charge in [-0.15, -0.1) is 5.10 Å². The molecule has 2 aromatic rings. The molecule has 0 unspecified atom stereocenters. The van der Waals surface area contributed by atoms with E-state index in [1.54, 1.807) is 0 Å². The van der Waals surface area contributed by atoms with Crippen LogP contribution in [0.1, 0.15) is 5.56 Å². The summed E-state index contributed by atoms with van der Waals surface area (Å²) in [5, 5.41) is 10.3. The highest BCUT2D eigenvalue weighted by molar-refractivity contribution is 5.82. The molecule has 0 aliphatic rings. The van der Waals surface area contributed by atoms with Gasteiger partial charge >= 0.3 is 0 Å². The van der Waals surface area contributed by atoms with Crippen LogP contribution >= 0.6 is 0 Å². The van der Waals surface area contributed by atoms with Crippen LogP contribution < -0.4 is 5.73 Å². The number of aromatic nitrogens is 3. The van der Waals surface area contributed by atoms with Crippen molar-refractivity contribution in [3.8, 4) is 0 Å². The summed E-state index contributed by atoms with van der Waals surface area (Å²) in [6.45, 7) is 1.93. The van der Waals surface area contributed by atoms with E-state index in [2.05, 4.69) is 15.4 Å². The molecule has 4 heteroatoms. The molecule has 1 heterocycles. The van der Waals surface area contributed by atoms with Crippen molar-refractivity contribution in [2.45, 2.75) is 6.92 Å². The average molecular weight is 148 g/mol. The molecule has 4 nitrogen and oxygen atoms in total. The minimum atomic E-state index is 0.756. The first-order valence-corrected chi connectivity index (χ1v) is 3.35. The van der Waals surface area contributed by atoms with Crippen LogP contribution in [0, 0.1) is 6.92 Å². The van der Waals surface area contributed by atoms with Crippen LogP contribution in [-0.2, 0) is 0 Å². The number of nitrogens with one attached hydrogen (secondary N) is 1. The van der Waals surface area contributed by atoms with Gasteiger partial charge in [0.25, 0.3) is 0 Å². The highest BCUT2D eigenvalue weighted by atomic mass is 15.3. The lowest BCUT2D eigenvalue weighted by atomic mass is 10.2.